The molecule has 5 rings (SSSR count). The van der Waals surface area contributed by atoms with E-state index in [1.807, 2.05) is 0 Å². The van der Waals surface area contributed by atoms with Crippen LogP contribution in [0.2, 0.25) is 0 Å². The molecule has 1 aromatic rings. The van der Waals surface area contributed by atoms with Gasteiger partial charge in [-0.2, -0.15) is 0 Å². The lowest BCUT2D eigenvalue weighted by Crippen LogP contribution is -2.51. The number of carbonyl (C=O) groups excluding carboxylic acids is 1. The molecule has 4 aliphatic carbocycles. The van der Waals surface area contributed by atoms with Crippen LogP contribution in [0.1, 0.15) is 117 Å². The minimum atomic E-state index is -0.615. The topological polar surface area (TPSA) is 63.2 Å². The first kappa shape index (κ1) is 34.0. The molecule has 1 aromatic carbocycles. The molecule has 6 heteroatoms. The molecule has 0 aliphatic heterocycles. The molecule has 0 bridgehead atoms. The van der Waals surface area contributed by atoms with Crippen molar-refractivity contribution in [3.8, 4) is 17.2 Å². The first-order valence-electron chi connectivity index (χ1n) is 17.9. The molecule has 8 atom stereocenters. The van der Waals surface area contributed by atoms with Crippen molar-refractivity contribution in [1.82, 2.24) is 0 Å². The first-order chi connectivity index (χ1) is 21.5. The lowest BCUT2D eigenvalue weighted by Gasteiger charge is -2.58. The SMILES string of the molecule is COc1cc(COC(=O)O[C@H]2CC[C@@]3(C)C(=CC[C@@H]4[C@H]5CC[C@@H]([C@@H](C)CCCCC(C)C)[C@@]5(C)CC[C@H]43)C2)cc(OC)c1OC. The third-order valence-corrected chi connectivity index (χ3v) is 12.9. The van der Waals surface area contributed by atoms with Gasteiger partial charge in [-0.1, -0.05) is 72.0 Å². The predicted octanol–water partition coefficient (Wildman–Crippen LogP) is 10.2. The number of hydrogen-bond donors (Lipinski definition) is 0. The zero-order valence-corrected chi connectivity index (χ0v) is 29.4. The minimum absolute atomic E-state index is 0.0736. The van der Waals surface area contributed by atoms with Crippen LogP contribution in [0.4, 0.5) is 4.79 Å². The van der Waals surface area contributed by atoms with Crippen LogP contribution in [0.5, 0.6) is 17.2 Å². The molecule has 252 valence electrons. The van der Waals surface area contributed by atoms with Gasteiger partial charge < -0.3 is 23.7 Å². The molecule has 6 nitrogen and oxygen atoms in total. The summed E-state index contributed by atoms with van der Waals surface area (Å²) in [6, 6.07) is 3.58. The van der Waals surface area contributed by atoms with Gasteiger partial charge in [-0.25, -0.2) is 4.79 Å². The van der Waals surface area contributed by atoms with E-state index < -0.39 is 6.16 Å². The van der Waals surface area contributed by atoms with Gasteiger partial charge in [0.2, 0.25) is 5.75 Å². The lowest BCUT2D eigenvalue weighted by atomic mass is 9.47. The van der Waals surface area contributed by atoms with E-state index in [4.69, 9.17) is 23.7 Å². The highest BCUT2D eigenvalue weighted by molar-refractivity contribution is 5.61. The largest absolute Gasteiger partial charge is 0.508 e. The highest BCUT2D eigenvalue weighted by Crippen LogP contribution is 2.67. The molecule has 0 saturated heterocycles. The molecule has 0 aromatic heterocycles. The second-order valence-corrected chi connectivity index (χ2v) is 15.7. The third-order valence-electron chi connectivity index (χ3n) is 12.9. The van der Waals surface area contributed by atoms with Gasteiger partial charge in [-0.3, -0.25) is 0 Å². The van der Waals surface area contributed by atoms with E-state index in [-0.39, 0.29) is 18.1 Å². The van der Waals surface area contributed by atoms with Crippen molar-refractivity contribution in [2.45, 2.75) is 124 Å². The van der Waals surface area contributed by atoms with Gasteiger partial charge in [-0.05, 0) is 109 Å². The fourth-order valence-electron chi connectivity index (χ4n) is 10.5. The fraction of sp³-hybridized carbons (Fsp3) is 0.769. The zero-order valence-electron chi connectivity index (χ0n) is 29.4. The molecule has 0 radical (unpaired) electrons. The summed E-state index contributed by atoms with van der Waals surface area (Å²) in [4.78, 5) is 12.8. The summed E-state index contributed by atoms with van der Waals surface area (Å²) in [5.74, 6) is 6.53. The Kier molecular flexibility index (Phi) is 10.7. The van der Waals surface area contributed by atoms with Crippen LogP contribution in [-0.2, 0) is 16.1 Å². The summed E-state index contributed by atoms with van der Waals surface area (Å²) in [7, 11) is 4.71. The van der Waals surface area contributed by atoms with Gasteiger partial charge >= 0.3 is 6.16 Å². The van der Waals surface area contributed by atoms with Crippen LogP contribution in [0.25, 0.3) is 0 Å². The number of ether oxygens (including phenoxy) is 5. The van der Waals surface area contributed by atoms with E-state index in [0.717, 1.165) is 60.3 Å². The molecule has 3 fully saturated rings. The molecule has 4 aliphatic rings. The number of benzene rings is 1. The maximum atomic E-state index is 12.8. The monoisotopic (exact) mass is 624 g/mol. The number of fused-ring (bicyclic) bond motifs is 5. The summed E-state index contributed by atoms with van der Waals surface area (Å²) < 4.78 is 27.7. The van der Waals surface area contributed by atoms with Crippen LogP contribution < -0.4 is 14.2 Å². The quantitative estimate of drug-likeness (QED) is 0.131. The second-order valence-electron chi connectivity index (χ2n) is 15.7. The van der Waals surface area contributed by atoms with Crippen LogP contribution in [0.3, 0.4) is 0 Å². The smallest absolute Gasteiger partial charge is 0.493 e. The first-order valence-corrected chi connectivity index (χ1v) is 17.9. The van der Waals surface area contributed by atoms with Crippen molar-refractivity contribution < 1.29 is 28.5 Å². The Balaban J connectivity index is 1.17. The van der Waals surface area contributed by atoms with Gasteiger partial charge in [0.1, 0.15) is 12.7 Å². The molecule has 0 heterocycles. The minimum Gasteiger partial charge on any atom is -0.493 e. The molecular weight excluding hydrogens is 564 g/mol. The molecule has 0 amide bonds. The van der Waals surface area contributed by atoms with Gasteiger partial charge in [0.05, 0.1) is 21.3 Å². The van der Waals surface area contributed by atoms with E-state index in [9.17, 15) is 4.79 Å². The number of unbranched alkanes of at least 4 members (excludes halogenated alkanes) is 1. The molecule has 0 spiro atoms. The Labute approximate surface area is 272 Å². The Morgan fingerprint density at radius 3 is 2.27 bits per heavy atom. The van der Waals surface area contributed by atoms with Crippen molar-refractivity contribution in [3.05, 3.63) is 29.3 Å². The standard InChI is InChI=1S/C39H60O6/c1-25(2)11-9-10-12-26(3)31-15-16-32-30-14-13-28-23-29(17-19-38(28,4)33(30)18-20-39(31,32)5)45-37(40)44-24-27-21-34(41-6)36(43-8)35(22-27)42-7/h13,21-22,25-26,29-33H,9-12,14-20,23-24H2,1-8H3/t26-,29-,30+,31-,32+,33+,38-,39+/m0/s1. The Hall–Kier alpha value is -2.37. The Bertz CT molecular complexity index is 1180. The summed E-state index contributed by atoms with van der Waals surface area (Å²) in [6.45, 7) is 12.5. The number of rotatable bonds is 12. The average molecular weight is 625 g/mol. The van der Waals surface area contributed by atoms with Gasteiger partial charge in [0.15, 0.2) is 11.5 Å². The number of hydrogen-bond acceptors (Lipinski definition) is 6. The Morgan fingerprint density at radius 1 is 0.889 bits per heavy atom. The average Bonchev–Trinajstić information content (AvgIpc) is 3.38. The van der Waals surface area contributed by atoms with Crippen molar-refractivity contribution in [1.29, 1.82) is 0 Å². The summed E-state index contributed by atoms with van der Waals surface area (Å²) in [5.41, 5.74) is 3.00. The summed E-state index contributed by atoms with van der Waals surface area (Å²) in [5, 5.41) is 0. The zero-order chi connectivity index (χ0) is 32.4. The fourth-order valence-corrected chi connectivity index (χ4v) is 10.5. The van der Waals surface area contributed by atoms with Gasteiger partial charge in [0, 0.05) is 6.42 Å². The summed E-state index contributed by atoms with van der Waals surface area (Å²) >= 11 is 0. The van der Waals surface area contributed by atoms with Gasteiger partial charge in [0.25, 0.3) is 0 Å². The van der Waals surface area contributed by atoms with Gasteiger partial charge in [-0.15, -0.1) is 0 Å². The van der Waals surface area contributed by atoms with Crippen molar-refractivity contribution in [2.24, 2.45) is 46.3 Å². The predicted molar refractivity (Wildman–Crippen MR) is 179 cm³/mol. The number of allylic oxidation sites excluding steroid dienone is 1. The maximum absolute atomic E-state index is 12.8. The van der Waals surface area contributed by atoms with Crippen LogP contribution >= 0.6 is 0 Å². The highest BCUT2D eigenvalue weighted by Gasteiger charge is 2.59. The molecule has 0 unspecified atom stereocenters. The lowest BCUT2D eigenvalue weighted by molar-refractivity contribution is -0.0620. The molecule has 45 heavy (non-hydrogen) atoms. The van der Waals surface area contributed by atoms with E-state index in [1.165, 1.54) is 63.4 Å². The van der Waals surface area contributed by atoms with Crippen molar-refractivity contribution in [2.75, 3.05) is 21.3 Å². The van der Waals surface area contributed by atoms with Crippen LogP contribution in [-0.4, -0.2) is 33.6 Å². The van der Waals surface area contributed by atoms with E-state index in [2.05, 4.69) is 40.7 Å². The molecular formula is C39H60O6. The number of carbonyl (C=O) groups is 1. The molecule has 0 N–H and O–H groups in total. The number of methoxy groups -OCH3 is 3. The van der Waals surface area contributed by atoms with E-state index in [0.29, 0.717) is 22.7 Å². The Morgan fingerprint density at radius 2 is 1.60 bits per heavy atom. The van der Waals surface area contributed by atoms with Crippen LogP contribution in [0, 0.1) is 46.3 Å². The summed E-state index contributed by atoms with van der Waals surface area (Å²) in [6.07, 6.45) is 17.0. The normalized spacial score (nSPS) is 32.9. The maximum Gasteiger partial charge on any atom is 0.508 e. The van der Waals surface area contributed by atoms with Crippen molar-refractivity contribution >= 4 is 6.16 Å². The van der Waals surface area contributed by atoms with Crippen LogP contribution in [0.15, 0.2) is 23.8 Å². The van der Waals surface area contributed by atoms with E-state index in [1.54, 1.807) is 33.5 Å². The molecule has 3 saturated carbocycles. The van der Waals surface area contributed by atoms with Crippen molar-refractivity contribution in [3.63, 3.8) is 0 Å². The highest BCUT2D eigenvalue weighted by atomic mass is 16.7. The van der Waals surface area contributed by atoms with E-state index >= 15 is 0 Å². The second kappa shape index (κ2) is 14.2. The third kappa shape index (κ3) is 6.86.